The average molecular weight is 342 g/mol. The molecule has 1 saturated heterocycles. The highest BCUT2D eigenvalue weighted by Gasteiger charge is 2.46. The van der Waals surface area contributed by atoms with Crippen LogP contribution in [0.5, 0.6) is 0 Å². The van der Waals surface area contributed by atoms with Crippen molar-refractivity contribution < 1.29 is 9.59 Å². The number of nitrogens with zero attached hydrogens (tertiary/aromatic N) is 3. The van der Waals surface area contributed by atoms with Crippen molar-refractivity contribution in [1.82, 2.24) is 19.8 Å². The predicted octanol–water partition coefficient (Wildman–Crippen LogP) is 1.78. The van der Waals surface area contributed by atoms with Gasteiger partial charge in [-0.2, -0.15) is 0 Å². The summed E-state index contributed by atoms with van der Waals surface area (Å²) < 4.78 is 1.93. The van der Waals surface area contributed by atoms with Crippen LogP contribution in [0.1, 0.15) is 58.3 Å². The van der Waals surface area contributed by atoms with Crippen molar-refractivity contribution in [2.75, 3.05) is 0 Å². The van der Waals surface area contributed by atoms with Gasteiger partial charge in [0.15, 0.2) is 0 Å². The maximum absolute atomic E-state index is 12.5. The molecule has 0 aromatic carbocycles. The van der Waals surface area contributed by atoms with Crippen LogP contribution in [0.25, 0.3) is 0 Å². The molecule has 1 N–H and O–H groups in total. The monoisotopic (exact) mass is 342 g/mol. The topological polar surface area (TPSA) is 67.2 Å². The van der Waals surface area contributed by atoms with Crippen LogP contribution in [0, 0.1) is 17.3 Å². The first-order valence-corrected chi connectivity index (χ1v) is 8.88. The van der Waals surface area contributed by atoms with Gasteiger partial charge < -0.3 is 14.8 Å². The molecule has 0 bridgehead atoms. The number of likely N-dealkylation sites (tertiary alicyclic amines) is 1. The highest BCUT2D eigenvalue weighted by atomic mass is 16.2. The number of nitrogens with one attached hydrogen (secondary N) is 1. The molecule has 2 atom stereocenters. The zero-order valence-corrected chi connectivity index (χ0v) is 15.4. The fourth-order valence-corrected chi connectivity index (χ4v) is 3.26. The van der Waals surface area contributed by atoms with Crippen LogP contribution in [0.3, 0.4) is 0 Å². The molecule has 25 heavy (non-hydrogen) atoms. The maximum Gasteiger partial charge on any atom is 0.296 e. The molecule has 2 fully saturated rings. The van der Waals surface area contributed by atoms with E-state index in [1.165, 1.54) is 0 Å². The summed E-state index contributed by atoms with van der Waals surface area (Å²) in [5.41, 5.74) is -0.223. The molecule has 0 unspecified atom stereocenters. The second-order valence-corrected chi connectivity index (χ2v) is 7.99. The van der Waals surface area contributed by atoms with Gasteiger partial charge in [0, 0.05) is 37.3 Å². The van der Waals surface area contributed by atoms with E-state index in [9.17, 15) is 9.59 Å². The lowest BCUT2D eigenvalue weighted by molar-refractivity contribution is -0.140. The Bertz CT molecular complexity index is 731. The number of carbonyl (C=O) groups is 2. The first-order valence-electron chi connectivity index (χ1n) is 8.88. The van der Waals surface area contributed by atoms with Gasteiger partial charge in [0.2, 0.25) is 5.91 Å². The second kappa shape index (κ2) is 6.55. The number of carbonyl (C=O) groups excluding carboxylic acids is 2. The van der Waals surface area contributed by atoms with Gasteiger partial charge in [-0.05, 0) is 46.0 Å². The van der Waals surface area contributed by atoms with Crippen molar-refractivity contribution >= 4 is 11.8 Å². The molecule has 2 heterocycles. The number of aryl methyl sites for hydroxylation is 1. The first kappa shape index (κ1) is 17.5. The molecule has 1 aromatic rings. The molecule has 0 radical (unpaired) electrons. The van der Waals surface area contributed by atoms with Gasteiger partial charge in [-0.3, -0.25) is 9.59 Å². The van der Waals surface area contributed by atoms with E-state index < -0.39 is 0 Å². The number of rotatable bonds is 3. The van der Waals surface area contributed by atoms with Crippen molar-refractivity contribution in [2.45, 2.75) is 64.6 Å². The van der Waals surface area contributed by atoms with Crippen molar-refractivity contribution in [2.24, 2.45) is 12.5 Å². The van der Waals surface area contributed by atoms with Crippen LogP contribution in [0.4, 0.5) is 0 Å². The number of amides is 2. The third kappa shape index (κ3) is 4.04. The Kier molecular flexibility index (Phi) is 4.59. The van der Waals surface area contributed by atoms with Gasteiger partial charge in [-0.1, -0.05) is 5.92 Å². The molecule has 1 saturated carbocycles. The van der Waals surface area contributed by atoms with Crippen molar-refractivity contribution in [3.8, 4) is 11.8 Å². The highest BCUT2D eigenvalue weighted by Crippen LogP contribution is 2.40. The van der Waals surface area contributed by atoms with Gasteiger partial charge in [-0.25, -0.2) is 4.98 Å². The van der Waals surface area contributed by atoms with E-state index in [0.717, 1.165) is 18.7 Å². The number of hydrogen-bond acceptors (Lipinski definition) is 3. The molecule has 0 spiro atoms. The van der Waals surface area contributed by atoms with Gasteiger partial charge in [0.05, 0.1) is 6.04 Å². The van der Waals surface area contributed by atoms with Crippen LogP contribution < -0.4 is 5.32 Å². The largest absolute Gasteiger partial charge is 0.340 e. The third-order valence-electron chi connectivity index (χ3n) is 4.57. The minimum atomic E-state index is -0.288. The number of imidazole rings is 1. The number of hydrogen-bond donors (Lipinski definition) is 1. The Morgan fingerprint density at radius 1 is 1.32 bits per heavy atom. The summed E-state index contributed by atoms with van der Waals surface area (Å²) in [6, 6.07) is -0.120. The summed E-state index contributed by atoms with van der Waals surface area (Å²) in [7, 11) is 1.92. The SMILES string of the molecule is Cn1ccnc1[C@H]1[C@H](NC(=O)C#CC(C)(C)C)CCC(=O)N1C1CC1. The van der Waals surface area contributed by atoms with Crippen LogP contribution in [-0.2, 0) is 16.6 Å². The quantitative estimate of drug-likeness (QED) is 0.852. The van der Waals surface area contributed by atoms with Crippen molar-refractivity contribution in [1.29, 1.82) is 0 Å². The minimum absolute atomic E-state index is 0.154. The second-order valence-electron chi connectivity index (χ2n) is 7.99. The molecule has 6 nitrogen and oxygen atoms in total. The Morgan fingerprint density at radius 3 is 2.60 bits per heavy atom. The van der Waals surface area contributed by atoms with Gasteiger partial charge in [0.1, 0.15) is 11.9 Å². The van der Waals surface area contributed by atoms with Crippen molar-refractivity contribution in [3.05, 3.63) is 18.2 Å². The standard InChI is InChI=1S/C19H26N4O2/c1-19(2,3)10-9-15(24)21-14-7-8-16(25)23(13-5-6-13)17(14)18-20-11-12-22(18)4/h11-14,17H,5-8H2,1-4H3,(H,21,24)/t14-,17-/m1/s1. The van der Waals surface area contributed by atoms with Crippen LogP contribution in [0.2, 0.25) is 0 Å². The van der Waals surface area contributed by atoms with E-state index in [4.69, 9.17) is 0 Å². The van der Waals surface area contributed by atoms with E-state index in [-0.39, 0.29) is 35.4 Å². The Balaban J connectivity index is 1.85. The summed E-state index contributed by atoms with van der Waals surface area (Å²) in [6.45, 7) is 5.91. The van der Waals surface area contributed by atoms with Gasteiger partial charge in [-0.15, -0.1) is 0 Å². The molecule has 1 aliphatic carbocycles. The summed E-state index contributed by atoms with van der Waals surface area (Å²) in [5, 5.41) is 3.03. The maximum atomic E-state index is 12.5. The smallest absolute Gasteiger partial charge is 0.296 e. The summed E-state index contributed by atoms with van der Waals surface area (Å²) in [6.07, 6.45) is 6.72. The minimum Gasteiger partial charge on any atom is -0.340 e. The zero-order chi connectivity index (χ0) is 18.2. The molecule has 2 aliphatic rings. The lowest BCUT2D eigenvalue weighted by Crippen LogP contribution is -2.53. The van der Waals surface area contributed by atoms with Crippen LogP contribution in [0.15, 0.2) is 12.4 Å². The molecule has 134 valence electrons. The molecule has 1 aliphatic heterocycles. The van der Waals surface area contributed by atoms with E-state index in [2.05, 4.69) is 22.1 Å². The van der Waals surface area contributed by atoms with Gasteiger partial charge in [0.25, 0.3) is 5.91 Å². The van der Waals surface area contributed by atoms with E-state index in [1.807, 2.05) is 43.5 Å². The lowest BCUT2D eigenvalue weighted by Gasteiger charge is -2.41. The molecule has 2 amide bonds. The van der Waals surface area contributed by atoms with Crippen molar-refractivity contribution in [3.63, 3.8) is 0 Å². The molecule has 6 heteroatoms. The normalized spacial score (nSPS) is 23.8. The summed E-state index contributed by atoms with van der Waals surface area (Å²) in [4.78, 5) is 31.2. The van der Waals surface area contributed by atoms with E-state index >= 15 is 0 Å². The highest BCUT2D eigenvalue weighted by molar-refractivity contribution is 5.94. The predicted molar refractivity (Wildman–Crippen MR) is 94.2 cm³/mol. The number of piperidine rings is 1. The third-order valence-corrected chi connectivity index (χ3v) is 4.57. The van der Waals surface area contributed by atoms with Crippen LogP contribution in [-0.4, -0.2) is 38.3 Å². The lowest BCUT2D eigenvalue weighted by atomic mass is 9.94. The average Bonchev–Trinajstić information content (AvgIpc) is 3.27. The Labute approximate surface area is 149 Å². The van der Waals surface area contributed by atoms with E-state index in [0.29, 0.717) is 12.8 Å². The Morgan fingerprint density at radius 2 is 2.04 bits per heavy atom. The van der Waals surface area contributed by atoms with Crippen LogP contribution >= 0.6 is 0 Å². The first-order chi connectivity index (χ1) is 11.8. The molecule has 1 aromatic heterocycles. The fraction of sp³-hybridized carbons (Fsp3) is 0.632. The summed E-state index contributed by atoms with van der Waals surface area (Å²) >= 11 is 0. The zero-order valence-electron chi connectivity index (χ0n) is 15.4. The molecule has 3 rings (SSSR count). The fourth-order valence-electron chi connectivity index (χ4n) is 3.26. The Hall–Kier alpha value is -2.29. The number of aromatic nitrogens is 2. The van der Waals surface area contributed by atoms with Gasteiger partial charge >= 0.3 is 0 Å². The van der Waals surface area contributed by atoms with E-state index in [1.54, 1.807) is 6.20 Å². The molecular formula is C19H26N4O2. The molecular weight excluding hydrogens is 316 g/mol. The summed E-state index contributed by atoms with van der Waals surface area (Å²) in [5.74, 6) is 6.34.